The monoisotopic (exact) mass is 249 g/mol. The first-order valence-corrected chi connectivity index (χ1v) is 6.74. The molecule has 17 heavy (non-hydrogen) atoms. The number of sulfone groups is 1. The molecule has 0 aliphatic heterocycles. The van der Waals surface area contributed by atoms with Crippen LogP contribution in [0.25, 0.3) is 11.3 Å². The maximum Gasteiger partial charge on any atom is 0.175 e. The van der Waals surface area contributed by atoms with Gasteiger partial charge in [0.15, 0.2) is 9.84 Å². The van der Waals surface area contributed by atoms with Gasteiger partial charge < -0.3 is 5.73 Å². The summed E-state index contributed by atoms with van der Waals surface area (Å²) in [5.41, 5.74) is 6.88. The number of hydrogen-bond donors (Lipinski definition) is 1. The van der Waals surface area contributed by atoms with Gasteiger partial charge >= 0.3 is 0 Å². The van der Waals surface area contributed by atoms with E-state index in [9.17, 15) is 8.42 Å². The summed E-state index contributed by atoms with van der Waals surface area (Å²) in [7, 11) is -3.16. The molecule has 0 atom stereocenters. The molecule has 2 N–H and O–H groups in total. The van der Waals surface area contributed by atoms with Crippen LogP contribution >= 0.6 is 0 Å². The van der Waals surface area contributed by atoms with E-state index >= 15 is 0 Å². The fourth-order valence-electron chi connectivity index (χ4n) is 1.36. The lowest BCUT2D eigenvalue weighted by molar-refractivity contribution is 0.602. The van der Waals surface area contributed by atoms with Gasteiger partial charge in [-0.05, 0) is 12.1 Å². The predicted molar refractivity (Wildman–Crippen MR) is 65.0 cm³/mol. The van der Waals surface area contributed by atoms with E-state index in [2.05, 4.69) is 9.97 Å². The fourth-order valence-corrected chi connectivity index (χ4v) is 1.99. The van der Waals surface area contributed by atoms with Crippen LogP contribution in [0.4, 0.5) is 5.82 Å². The second-order valence-electron chi connectivity index (χ2n) is 3.62. The van der Waals surface area contributed by atoms with Crippen LogP contribution in [0.5, 0.6) is 0 Å². The van der Waals surface area contributed by atoms with Crippen LogP contribution in [0.1, 0.15) is 0 Å². The zero-order chi connectivity index (χ0) is 12.5. The third-order valence-corrected chi connectivity index (χ3v) is 3.38. The lowest BCUT2D eigenvalue weighted by atomic mass is 10.2. The summed E-state index contributed by atoms with van der Waals surface area (Å²) < 4.78 is 22.6. The molecule has 5 nitrogen and oxygen atoms in total. The van der Waals surface area contributed by atoms with Crippen molar-refractivity contribution in [2.75, 3.05) is 12.0 Å². The molecule has 2 rings (SSSR count). The molecule has 1 heterocycles. The van der Waals surface area contributed by atoms with Gasteiger partial charge in [0.05, 0.1) is 23.0 Å². The standard InChI is InChI=1S/C11H11N3O2S/c1-17(15,16)9-4-2-8(3-5-9)10-6-14-11(12)7-13-10/h2-7H,1H3,(H2,12,14). The van der Waals surface area contributed by atoms with Crippen LogP contribution in [0.15, 0.2) is 41.6 Å². The first kappa shape index (κ1) is 11.5. The zero-order valence-corrected chi connectivity index (χ0v) is 9.98. The van der Waals surface area contributed by atoms with E-state index in [1.807, 2.05) is 0 Å². The molecule has 0 bridgehead atoms. The Hall–Kier alpha value is -1.95. The number of benzene rings is 1. The topological polar surface area (TPSA) is 85.9 Å². The molecule has 0 spiro atoms. The van der Waals surface area contributed by atoms with Crippen molar-refractivity contribution in [2.45, 2.75) is 4.90 Å². The van der Waals surface area contributed by atoms with Crippen LogP contribution in [-0.4, -0.2) is 24.6 Å². The molecule has 0 amide bonds. The molecule has 0 saturated carbocycles. The van der Waals surface area contributed by atoms with Gasteiger partial charge in [-0.1, -0.05) is 12.1 Å². The predicted octanol–water partition coefficient (Wildman–Crippen LogP) is 1.13. The van der Waals surface area contributed by atoms with E-state index in [4.69, 9.17) is 5.73 Å². The number of nitrogens with zero attached hydrogens (tertiary/aromatic N) is 2. The van der Waals surface area contributed by atoms with E-state index in [0.29, 0.717) is 11.5 Å². The maximum absolute atomic E-state index is 11.3. The summed E-state index contributed by atoms with van der Waals surface area (Å²) in [5.74, 6) is 0.349. The number of hydrogen-bond acceptors (Lipinski definition) is 5. The van der Waals surface area contributed by atoms with E-state index in [0.717, 1.165) is 5.56 Å². The van der Waals surface area contributed by atoms with Crippen molar-refractivity contribution >= 4 is 15.7 Å². The molecule has 1 aromatic carbocycles. The molecule has 0 radical (unpaired) electrons. The van der Waals surface area contributed by atoms with Crippen molar-refractivity contribution in [3.63, 3.8) is 0 Å². The SMILES string of the molecule is CS(=O)(=O)c1ccc(-c2cnc(N)cn2)cc1. The van der Waals surface area contributed by atoms with E-state index < -0.39 is 9.84 Å². The Morgan fingerprint density at radius 3 is 2.18 bits per heavy atom. The number of anilines is 1. The Kier molecular flexibility index (Phi) is 2.81. The van der Waals surface area contributed by atoms with Crippen LogP contribution in [0, 0.1) is 0 Å². The minimum atomic E-state index is -3.16. The highest BCUT2D eigenvalue weighted by Crippen LogP contribution is 2.18. The van der Waals surface area contributed by atoms with Gasteiger partial charge in [0.25, 0.3) is 0 Å². The Morgan fingerprint density at radius 2 is 1.71 bits per heavy atom. The third kappa shape index (κ3) is 2.59. The van der Waals surface area contributed by atoms with Gasteiger partial charge in [0, 0.05) is 11.8 Å². The number of nitrogens with two attached hydrogens (primary N) is 1. The van der Waals surface area contributed by atoms with E-state index in [1.165, 1.54) is 12.5 Å². The Balaban J connectivity index is 2.39. The van der Waals surface area contributed by atoms with Gasteiger partial charge in [-0.2, -0.15) is 0 Å². The normalized spacial score (nSPS) is 11.4. The molecule has 88 valence electrons. The summed E-state index contributed by atoms with van der Waals surface area (Å²) in [6.07, 6.45) is 4.18. The van der Waals surface area contributed by atoms with Crippen molar-refractivity contribution in [1.29, 1.82) is 0 Å². The van der Waals surface area contributed by atoms with Crippen LogP contribution in [0.3, 0.4) is 0 Å². The molecular formula is C11H11N3O2S. The molecule has 0 unspecified atom stereocenters. The summed E-state index contributed by atoms with van der Waals surface area (Å²) in [6.45, 7) is 0. The van der Waals surface area contributed by atoms with Crippen LogP contribution in [0.2, 0.25) is 0 Å². The lowest BCUT2D eigenvalue weighted by Gasteiger charge is -2.02. The Morgan fingerprint density at radius 1 is 1.06 bits per heavy atom. The molecule has 2 aromatic rings. The summed E-state index contributed by atoms with van der Waals surface area (Å²) in [6, 6.07) is 6.47. The summed E-state index contributed by atoms with van der Waals surface area (Å²) in [5, 5.41) is 0. The quantitative estimate of drug-likeness (QED) is 0.862. The lowest BCUT2D eigenvalue weighted by Crippen LogP contribution is -1.97. The number of aromatic nitrogens is 2. The zero-order valence-electron chi connectivity index (χ0n) is 9.16. The number of nitrogen functional groups attached to an aromatic ring is 1. The largest absolute Gasteiger partial charge is 0.382 e. The van der Waals surface area contributed by atoms with Gasteiger partial charge in [-0.3, -0.25) is 4.98 Å². The highest BCUT2D eigenvalue weighted by molar-refractivity contribution is 7.90. The van der Waals surface area contributed by atoms with Gasteiger partial charge in [-0.25, -0.2) is 13.4 Å². The minimum Gasteiger partial charge on any atom is -0.382 e. The average Bonchev–Trinajstić information content (AvgIpc) is 2.29. The molecule has 0 saturated heterocycles. The Labute approximate surface area is 99.3 Å². The van der Waals surface area contributed by atoms with Crippen LogP contribution in [-0.2, 0) is 9.84 Å². The maximum atomic E-state index is 11.3. The van der Waals surface area contributed by atoms with Gasteiger partial charge in [0.1, 0.15) is 5.82 Å². The first-order valence-electron chi connectivity index (χ1n) is 4.85. The average molecular weight is 249 g/mol. The number of rotatable bonds is 2. The minimum absolute atomic E-state index is 0.282. The first-order chi connectivity index (χ1) is 7.97. The van der Waals surface area contributed by atoms with Gasteiger partial charge in [-0.15, -0.1) is 0 Å². The summed E-state index contributed by atoms with van der Waals surface area (Å²) >= 11 is 0. The highest BCUT2D eigenvalue weighted by atomic mass is 32.2. The van der Waals surface area contributed by atoms with Crippen molar-refractivity contribution in [1.82, 2.24) is 9.97 Å². The van der Waals surface area contributed by atoms with Crippen molar-refractivity contribution < 1.29 is 8.42 Å². The molecule has 0 fully saturated rings. The second kappa shape index (κ2) is 4.14. The molecule has 1 aromatic heterocycles. The second-order valence-corrected chi connectivity index (χ2v) is 5.64. The van der Waals surface area contributed by atoms with Crippen molar-refractivity contribution in [2.24, 2.45) is 0 Å². The highest BCUT2D eigenvalue weighted by Gasteiger charge is 2.07. The van der Waals surface area contributed by atoms with Crippen molar-refractivity contribution in [3.8, 4) is 11.3 Å². The third-order valence-electron chi connectivity index (χ3n) is 2.25. The van der Waals surface area contributed by atoms with E-state index in [1.54, 1.807) is 30.5 Å². The van der Waals surface area contributed by atoms with Crippen molar-refractivity contribution in [3.05, 3.63) is 36.7 Å². The molecular weight excluding hydrogens is 238 g/mol. The van der Waals surface area contributed by atoms with Crippen LogP contribution < -0.4 is 5.73 Å². The van der Waals surface area contributed by atoms with E-state index in [-0.39, 0.29) is 4.90 Å². The van der Waals surface area contributed by atoms with Gasteiger partial charge in [0.2, 0.25) is 0 Å². The molecule has 0 aliphatic rings. The molecule has 0 aliphatic carbocycles. The summed E-state index contributed by atoms with van der Waals surface area (Å²) in [4.78, 5) is 8.31. The Bertz CT molecular complexity index is 619. The molecule has 6 heteroatoms. The smallest absolute Gasteiger partial charge is 0.175 e. The fraction of sp³-hybridized carbons (Fsp3) is 0.0909.